The highest BCUT2D eigenvalue weighted by Gasteiger charge is 1.99. The van der Waals surface area contributed by atoms with Crippen LogP contribution in [0.2, 0.25) is 0 Å². The third-order valence-corrected chi connectivity index (χ3v) is 1.35. The van der Waals surface area contributed by atoms with Crippen molar-refractivity contribution in [1.82, 2.24) is 9.97 Å². The van der Waals surface area contributed by atoms with Crippen molar-refractivity contribution in [2.45, 2.75) is 20.3 Å². The molecule has 0 saturated heterocycles. The third-order valence-electron chi connectivity index (χ3n) is 1.35. The summed E-state index contributed by atoms with van der Waals surface area (Å²) >= 11 is 0. The minimum Gasteiger partial charge on any atom is -0.295 e. The summed E-state index contributed by atoms with van der Waals surface area (Å²) < 4.78 is 0. The zero-order valence-corrected chi connectivity index (χ0v) is 7.16. The minimum atomic E-state index is -0.0705. The molecule has 0 radical (unpaired) electrons. The Morgan fingerprint density at radius 1 is 1.50 bits per heavy atom. The molecule has 4 nitrogen and oxygen atoms in total. The molecule has 0 aliphatic heterocycles. The maximum Gasteiger partial charge on any atom is 0.229 e. The fourth-order valence-electron chi connectivity index (χ4n) is 0.670. The van der Waals surface area contributed by atoms with Crippen LogP contribution in [-0.2, 0) is 4.79 Å². The fourth-order valence-corrected chi connectivity index (χ4v) is 0.670. The number of aromatic nitrogens is 2. The Bertz CT molecular complexity index is 268. The van der Waals surface area contributed by atoms with E-state index in [2.05, 4.69) is 15.3 Å². The number of nitrogens with one attached hydrogen (secondary N) is 1. The van der Waals surface area contributed by atoms with Gasteiger partial charge in [0.05, 0.1) is 0 Å². The van der Waals surface area contributed by atoms with Gasteiger partial charge in [-0.15, -0.1) is 0 Å². The Balaban J connectivity index is 2.64. The summed E-state index contributed by atoms with van der Waals surface area (Å²) in [5.74, 6) is 0.298. The zero-order chi connectivity index (χ0) is 8.97. The van der Waals surface area contributed by atoms with E-state index in [9.17, 15) is 4.79 Å². The van der Waals surface area contributed by atoms with Crippen molar-refractivity contribution < 1.29 is 4.79 Å². The van der Waals surface area contributed by atoms with E-state index in [1.807, 2.05) is 6.92 Å². The summed E-state index contributed by atoms with van der Waals surface area (Å²) in [6.07, 6.45) is 3.77. The van der Waals surface area contributed by atoms with Crippen LogP contribution in [0.15, 0.2) is 12.4 Å². The van der Waals surface area contributed by atoms with Gasteiger partial charge in [-0.05, 0) is 12.5 Å². The lowest BCUT2D eigenvalue weighted by Crippen LogP contribution is -2.11. The van der Waals surface area contributed by atoms with Crippen LogP contribution in [0, 0.1) is 6.92 Å². The largest absolute Gasteiger partial charge is 0.295 e. The Kier molecular flexibility index (Phi) is 2.74. The summed E-state index contributed by atoms with van der Waals surface area (Å²) in [4.78, 5) is 18.7. The zero-order valence-electron chi connectivity index (χ0n) is 7.16. The quantitative estimate of drug-likeness (QED) is 0.714. The van der Waals surface area contributed by atoms with E-state index in [-0.39, 0.29) is 5.91 Å². The smallest absolute Gasteiger partial charge is 0.229 e. The van der Waals surface area contributed by atoms with E-state index >= 15 is 0 Å². The van der Waals surface area contributed by atoms with Crippen molar-refractivity contribution in [1.29, 1.82) is 0 Å². The average molecular weight is 165 g/mol. The first-order chi connectivity index (χ1) is 5.72. The highest BCUT2D eigenvalue weighted by Crippen LogP contribution is 1.98. The molecule has 64 valence electrons. The van der Waals surface area contributed by atoms with Crippen molar-refractivity contribution in [3.8, 4) is 0 Å². The normalized spacial score (nSPS) is 9.50. The van der Waals surface area contributed by atoms with E-state index in [1.165, 1.54) is 0 Å². The highest BCUT2D eigenvalue weighted by molar-refractivity contribution is 5.88. The van der Waals surface area contributed by atoms with Gasteiger partial charge >= 0.3 is 0 Å². The molecule has 0 spiro atoms. The predicted molar refractivity (Wildman–Crippen MR) is 45.7 cm³/mol. The first-order valence-electron chi connectivity index (χ1n) is 3.81. The number of hydrogen-bond acceptors (Lipinski definition) is 3. The molecule has 1 N–H and O–H groups in total. The molecule has 1 aromatic heterocycles. The van der Waals surface area contributed by atoms with Gasteiger partial charge in [0.1, 0.15) is 0 Å². The molecule has 1 rings (SSSR count). The van der Waals surface area contributed by atoms with Gasteiger partial charge in [-0.25, -0.2) is 9.97 Å². The second-order valence-corrected chi connectivity index (χ2v) is 2.49. The molecule has 0 bridgehead atoms. The van der Waals surface area contributed by atoms with Gasteiger partial charge in [-0.2, -0.15) is 0 Å². The lowest BCUT2D eigenvalue weighted by Gasteiger charge is -1.99. The monoisotopic (exact) mass is 165 g/mol. The van der Waals surface area contributed by atoms with Crippen LogP contribution in [0.5, 0.6) is 0 Å². The Morgan fingerprint density at radius 2 is 2.08 bits per heavy atom. The number of amides is 1. The number of rotatable bonds is 2. The Morgan fingerprint density at radius 3 is 2.58 bits per heavy atom. The molecule has 0 atom stereocenters. The van der Waals surface area contributed by atoms with Gasteiger partial charge in [0.25, 0.3) is 0 Å². The summed E-state index contributed by atoms with van der Waals surface area (Å²) in [5.41, 5.74) is 0.976. The molecule has 0 aliphatic rings. The first-order valence-corrected chi connectivity index (χ1v) is 3.81. The van der Waals surface area contributed by atoms with E-state index in [1.54, 1.807) is 19.3 Å². The molecule has 1 amide bonds. The van der Waals surface area contributed by atoms with Crippen molar-refractivity contribution >= 4 is 11.9 Å². The minimum absolute atomic E-state index is 0.0705. The topological polar surface area (TPSA) is 54.9 Å². The van der Waals surface area contributed by atoms with Crippen LogP contribution < -0.4 is 5.32 Å². The molecule has 1 heterocycles. The van der Waals surface area contributed by atoms with Gasteiger partial charge in [0.15, 0.2) is 0 Å². The van der Waals surface area contributed by atoms with Gasteiger partial charge in [0.2, 0.25) is 11.9 Å². The average Bonchev–Trinajstić information content (AvgIpc) is 2.09. The number of hydrogen-bond donors (Lipinski definition) is 1. The van der Waals surface area contributed by atoms with E-state index < -0.39 is 0 Å². The van der Waals surface area contributed by atoms with Gasteiger partial charge < -0.3 is 0 Å². The third kappa shape index (κ3) is 2.30. The second-order valence-electron chi connectivity index (χ2n) is 2.49. The van der Waals surface area contributed by atoms with Crippen LogP contribution >= 0.6 is 0 Å². The summed E-state index contributed by atoms with van der Waals surface area (Å²) in [7, 11) is 0. The maximum absolute atomic E-state index is 10.9. The molecular formula is C8H11N3O. The fraction of sp³-hybridized carbons (Fsp3) is 0.375. The Labute approximate surface area is 71.0 Å². The molecule has 0 fully saturated rings. The van der Waals surface area contributed by atoms with Crippen molar-refractivity contribution in [3.63, 3.8) is 0 Å². The lowest BCUT2D eigenvalue weighted by atomic mass is 10.4. The van der Waals surface area contributed by atoms with Crippen LogP contribution in [0.1, 0.15) is 18.9 Å². The maximum atomic E-state index is 10.9. The molecule has 0 saturated carbocycles. The molecule has 4 heteroatoms. The Hall–Kier alpha value is -1.45. The second kappa shape index (κ2) is 3.80. The van der Waals surface area contributed by atoms with Crippen molar-refractivity contribution in [3.05, 3.63) is 18.0 Å². The van der Waals surface area contributed by atoms with Crippen molar-refractivity contribution in [2.75, 3.05) is 5.32 Å². The summed E-state index contributed by atoms with van der Waals surface area (Å²) in [6.45, 7) is 3.68. The lowest BCUT2D eigenvalue weighted by molar-refractivity contribution is -0.115. The first kappa shape index (κ1) is 8.64. The number of anilines is 1. The van der Waals surface area contributed by atoms with E-state index in [0.29, 0.717) is 12.4 Å². The van der Waals surface area contributed by atoms with Crippen molar-refractivity contribution in [2.24, 2.45) is 0 Å². The predicted octanol–water partition coefficient (Wildman–Crippen LogP) is 1.13. The van der Waals surface area contributed by atoms with Crippen LogP contribution in [0.4, 0.5) is 5.95 Å². The van der Waals surface area contributed by atoms with Crippen LogP contribution in [0.3, 0.4) is 0 Å². The van der Waals surface area contributed by atoms with E-state index in [4.69, 9.17) is 0 Å². The standard InChI is InChI=1S/C8H11N3O/c1-3-7(12)11-8-9-4-6(2)5-10-8/h4-5H,3H2,1-2H3,(H,9,10,11,12). The summed E-state index contributed by atoms with van der Waals surface area (Å²) in [5, 5.41) is 2.56. The molecule has 1 aromatic rings. The number of aryl methyl sites for hydroxylation is 1. The highest BCUT2D eigenvalue weighted by atomic mass is 16.1. The van der Waals surface area contributed by atoms with Gasteiger partial charge in [-0.1, -0.05) is 6.92 Å². The molecule has 0 aliphatic carbocycles. The molecule has 0 aromatic carbocycles. The van der Waals surface area contributed by atoms with E-state index in [0.717, 1.165) is 5.56 Å². The molecular weight excluding hydrogens is 154 g/mol. The number of nitrogens with zero attached hydrogens (tertiary/aromatic N) is 2. The SMILES string of the molecule is CCC(=O)Nc1ncc(C)cn1. The van der Waals surface area contributed by atoms with Gasteiger partial charge in [-0.3, -0.25) is 10.1 Å². The van der Waals surface area contributed by atoms with Crippen LogP contribution in [-0.4, -0.2) is 15.9 Å². The molecule has 12 heavy (non-hydrogen) atoms. The van der Waals surface area contributed by atoms with Gasteiger partial charge in [0, 0.05) is 18.8 Å². The number of carbonyl (C=O) groups is 1. The number of carbonyl (C=O) groups excluding carboxylic acids is 1. The summed E-state index contributed by atoms with van der Waals surface area (Å²) in [6, 6.07) is 0. The van der Waals surface area contributed by atoms with Crippen LogP contribution in [0.25, 0.3) is 0 Å². The molecule has 0 unspecified atom stereocenters.